The summed E-state index contributed by atoms with van der Waals surface area (Å²) in [5, 5.41) is 11.5. The fourth-order valence-corrected chi connectivity index (χ4v) is 2.64. The molecule has 0 aromatic carbocycles. The standard InChI is InChI=1S/C15H16N2O3S/c1-3-11-8-16-14(20-11)9-17-15(19)13-7-10(2)12(21-13)5-4-6-18/h7-8,18H,3,6,9H2,1-2H3,(H,17,19). The molecule has 0 aliphatic carbocycles. The Labute approximate surface area is 127 Å². The smallest absolute Gasteiger partial charge is 0.261 e. The summed E-state index contributed by atoms with van der Waals surface area (Å²) >= 11 is 1.30. The van der Waals surface area contributed by atoms with Crippen molar-refractivity contribution in [2.45, 2.75) is 26.8 Å². The molecule has 0 aliphatic heterocycles. The average Bonchev–Trinajstić information content (AvgIpc) is 3.09. The molecular formula is C15H16N2O3S. The van der Waals surface area contributed by atoms with E-state index in [1.807, 2.05) is 13.8 Å². The SMILES string of the molecule is CCc1cnc(CNC(=O)c2cc(C)c(C#CCO)s2)o1. The molecule has 110 valence electrons. The van der Waals surface area contributed by atoms with Crippen LogP contribution in [0.3, 0.4) is 0 Å². The van der Waals surface area contributed by atoms with Gasteiger partial charge in [-0.25, -0.2) is 4.98 Å². The molecule has 5 nitrogen and oxygen atoms in total. The predicted octanol–water partition coefficient (Wildman–Crippen LogP) is 1.88. The molecule has 0 radical (unpaired) electrons. The number of thiophene rings is 1. The molecule has 0 atom stereocenters. The van der Waals surface area contributed by atoms with Crippen LogP contribution in [-0.4, -0.2) is 22.6 Å². The summed E-state index contributed by atoms with van der Waals surface area (Å²) < 4.78 is 5.43. The van der Waals surface area contributed by atoms with E-state index in [9.17, 15) is 4.79 Å². The molecule has 0 aliphatic rings. The Kier molecular flexibility index (Phi) is 5.14. The molecule has 2 aromatic rings. The summed E-state index contributed by atoms with van der Waals surface area (Å²) in [5.41, 5.74) is 0.926. The number of carbonyl (C=O) groups is 1. The second-order valence-corrected chi connectivity index (χ2v) is 5.39. The number of hydrogen-bond donors (Lipinski definition) is 2. The fraction of sp³-hybridized carbons (Fsp3) is 0.333. The minimum atomic E-state index is -0.192. The van der Waals surface area contributed by atoms with Crippen LogP contribution in [0.5, 0.6) is 0 Å². The highest BCUT2D eigenvalue weighted by Gasteiger charge is 2.12. The van der Waals surface area contributed by atoms with Crippen molar-refractivity contribution in [1.29, 1.82) is 0 Å². The molecule has 0 spiro atoms. The monoisotopic (exact) mass is 304 g/mol. The summed E-state index contributed by atoms with van der Waals surface area (Å²) in [6.07, 6.45) is 2.44. The second-order valence-electron chi connectivity index (χ2n) is 4.34. The van der Waals surface area contributed by atoms with Gasteiger partial charge in [0.15, 0.2) is 0 Å². The van der Waals surface area contributed by atoms with Crippen molar-refractivity contribution in [1.82, 2.24) is 10.3 Å². The van der Waals surface area contributed by atoms with Crippen molar-refractivity contribution in [3.63, 3.8) is 0 Å². The Bertz CT molecular complexity index is 691. The van der Waals surface area contributed by atoms with Gasteiger partial charge in [0.05, 0.1) is 22.5 Å². The maximum atomic E-state index is 12.1. The lowest BCUT2D eigenvalue weighted by Gasteiger charge is -1.99. The van der Waals surface area contributed by atoms with E-state index in [1.165, 1.54) is 11.3 Å². The number of rotatable bonds is 4. The first-order valence-corrected chi connectivity index (χ1v) is 7.37. The number of oxazole rings is 1. The summed E-state index contributed by atoms with van der Waals surface area (Å²) in [5.74, 6) is 6.52. The Morgan fingerprint density at radius 1 is 1.57 bits per heavy atom. The Morgan fingerprint density at radius 2 is 2.38 bits per heavy atom. The van der Waals surface area contributed by atoms with Crippen molar-refractivity contribution in [3.8, 4) is 11.8 Å². The number of nitrogens with one attached hydrogen (secondary N) is 1. The van der Waals surface area contributed by atoms with Gasteiger partial charge in [0.1, 0.15) is 12.4 Å². The van der Waals surface area contributed by atoms with Gasteiger partial charge in [-0.2, -0.15) is 0 Å². The van der Waals surface area contributed by atoms with E-state index in [0.29, 0.717) is 10.8 Å². The molecule has 0 bridgehead atoms. The molecule has 2 rings (SSSR count). The zero-order chi connectivity index (χ0) is 15.2. The second kappa shape index (κ2) is 7.07. The first-order valence-electron chi connectivity index (χ1n) is 6.56. The number of carbonyl (C=O) groups excluding carboxylic acids is 1. The van der Waals surface area contributed by atoms with Crippen LogP contribution in [0.15, 0.2) is 16.7 Å². The molecule has 0 fully saturated rings. The van der Waals surface area contributed by atoms with Crippen LogP contribution in [0.25, 0.3) is 0 Å². The van der Waals surface area contributed by atoms with Gasteiger partial charge in [-0.15, -0.1) is 11.3 Å². The van der Waals surface area contributed by atoms with E-state index < -0.39 is 0 Å². The molecule has 0 unspecified atom stereocenters. The quantitative estimate of drug-likeness (QED) is 0.846. The van der Waals surface area contributed by atoms with Crippen LogP contribution < -0.4 is 5.32 Å². The van der Waals surface area contributed by atoms with E-state index >= 15 is 0 Å². The summed E-state index contributed by atoms with van der Waals surface area (Å²) in [6.45, 7) is 3.93. The molecule has 2 aromatic heterocycles. The lowest BCUT2D eigenvalue weighted by Crippen LogP contribution is -2.21. The van der Waals surface area contributed by atoms with Crippen LogP contribution in [0.4, 0.5) is 0 Å². The average molecular weight is 304 g/mol. The summed E-state index contributed by atoms with van der Waals surface area (Å²) in [6, 6.07) is 1.79. The topological polar surface area (TPSA) is 75.4 Å². The minimum absolute atomic E-state index is 0.184. The summed E-state index contributed by atoms with van der Waals surface area (Å²) in [4.78, 5) is 17.5. The number of aromatic nitrogens is 1. The van der Waals surface area contributed by atoms with Crippen molar-refractivity contribution in [2.24, 2.45) is 0 Å². The molecule has 0 saturated carbocycles. The van der Waals surface area contributed by atoms with Gasteiger partial charge in [0, 0.05) is 6.42 Å². The third kappa shape index (κ3) is 3.94. The first kappa shape index (κ1) is 15.3. The molecule has 0 saturated heterocycles. The number of aliphatic hydroxyl groups is 1. The number of nitrogens with zero attached hydrogens (tertiary/aromatic N) is 1. The lowest BCUT2D eigenvalue weighted by molar-refractivity contribution is 0.0951. The van der Waals surface area contributed by atoms with Crippen molar-refractivity contribution >= 4 is 17.2 Å². The van der Waals surface area contributed by atoms with Gasteiger partial charge >= 0.3 is 0 Å². The molecule has 1 amide bonds. The van der Waals surface area contributed by atoms with Crippen LogP contribution in [0.2, 0.25) is 0 Å². The molecule has 2 heterocycles. The van der Waals surface area contributed by atoms with Gasteiger partial charge in [-0.1, -0.05) is 18.8 Å². The van der Waals surface area contributed by atoms with Gasteiger partial charge in [0.25, 0.3) is 5.91 Å². The van der Waals surface area contributed by atoms with E-state index in [-0.39, 0.29) is 19.1 Å². The number of aryl methyl sites for hydroxylation is 2. The number of amides is 1. The third-order valence-electron chi connectivity index (χ3n) is 2.77. The highest BCUT2D eigenvalue weighted by atomic mass is 32.1. The zero-order valence-corrected chi connectivity index (χ0v) is 12.7. The molecular weight excluding hydrogens is 288 g/mol. The highest BCUT2D eigenvalue weighted by molar-refractivity contribution is 7.14. The molecule has 6 heteroatoms. The van der Waals surface area contributed by atoms with E-state index in [2.05, 4.69) is 22.1 Å². The van der Waals surface area contributed by atoms with Crippen LogP contribution >= 0.6 is 11.3 Å². The van der Waals surface area contributed by atoms with Gasteiger partial charge in [0.2, 0.25) is 5.89 Å². The fourth-order valence-electron chi connectivity index (χ4n) is 1.67. The molecule has 2 N–H and O–H groups in total. The van der Waals surface area contributed by atoms with Crippen molar-refractivity contribution < 1.29 is 14.3 Å². The van der Waals surface area contributed by atoms with E-state index in [0.717, 1.165) is 22.6 Å². The highest BCUT2D eigenvalue weighted by Crippen LogP contribution is 2.20. The maximum Gasteiger partial charge on any atom is 0.261 e. The van der Waals surface area contributed by atoms with E-state index in [1.54, 1.807) is 12.3 Å². The summed E-state index contributed by atoms with van der Waals surface area (Å²) in [7, 11) is 0. The third-order valence-corrected chi connectivity index (χ3v) is 3.92. The largest absolute Gasteiger partial charge is 0.444 e. The Morgan fingerprint density at radius 3 is 3.05 bits per heavy atom. The van der Waals surface area contributed by atoms with Gasteiger partial charge < -0.3 is 14.8 Å². The van der Waals surface area contributed by atoms with Crippen molar-refractivity contribution in [2.75, 3.05) is 6.61 Å². The van der Waals surface area contributed by atoms with Gasteiger partial charge in [-0.3, -0.25) is 4.79 Å². The number of hydrogen-bond acceptors (Lipinski definition) is 5. The van der Waals surface area contributed by atoms with Gasteiger partial charge in [-0.05, 0) is 18.6 Å². The van der Waals surface area contributed by atoms with Crippen molar-refractivity contribution in [3.05, 3.63) is 39.2 Å². The van der Waals surface area contributed by atoms with Crippen LogP contribution in [0, 0.1) is 18.8 Å². The Balaban J connectivity index is 2.00. The first-order chi connectivity index (χ1) is 10.1. The maximum absolute atomic E-state index is 12.1. The Hall–Kier alpha value is -2.10. The minimum Gasteiger partial charge on any atom is -0.444 e. The lowest BCUT2D eigenvalue weighted by atomic mass is 10.2. The molecule has 21 heavy (non-hydrogen) atoms. The number of aliphatic hydroxyl groups excluding tert-OH is 1. The normalized spacial score (nSPS) is 10.0. The van der Waals surface area contributed by atoms with Crippen LogP contribution in [0.1, 0.15) is 38.7 Å². The van der Waals surface area contributed by atoms with Crippen LogP contribution in [-0.2, 0) is 13.0 Å². The zero-order valence-electron chi connectivity index (χ0n) is 11.9. The van der Waals surface area contributed by atoms with E-state index in [4.69, 9.17) is 9.52 Å². The predicted molar refractivity (Wildman–Crippen MR) is 80.1 cm³/mol.